The first kappa shape index (κ1) is 22.6. The standard InChI is InChI=1S/C25H40O4/c1-17-6-11-22-24(2,3)12-5-13-25(22,4)20(17)9-7-18(15-26)8-10-21(27)19-14-23(28)29-16-19/h8,19,21-22,26-27H,5-7,9-16H2,1-4H3/b18-8-/t19-,21-,22+,25-/m1/s1. The van der Waals surface area contributed by atoms with Crippen LogP contribution in [0.5, 0.6) is 0 Å². The summed E-state index contributed by atoms with van der Waals surface area (Å²) in [6.07, 6.45) is 10.4. The summed E-state index contributed by atoms with van der Waals surface area (Å²) >= 11 is 0. The molecule has 0 aromatic carbocycles. The van der Waals surface area contributed by atoms with Gasteiger partial charge in [-0.05, 0) is 74.2 Å². The Hall–Kier alpha value is -1.13. The van der Waals surface area contributed by atoms with Gasteiger partial charge in [0.25, 0.3) is 0 Å². The lowest BCUT2D eigenvalue weighted by Crippen LogP contribution is -2.45. The van der Waals surface area contributed by atoms with Crippen LogP contribution >= 0.6 is 0 Å². The third-order valence-electron chi connectivity index (χ3n) is 8.22. The van der Waals surface area contributed by atoms with Gasteiger partial charge in [0.1, 0.15) is 0 Å². The molecule has 164 valence electrons. The van der Waals surface area contributed by atoms with E-state index < -0.39 is 6.10 Å². The summed E-state index contributed by atoms with van der Waals surface area (Å²) in [5.74, 6) is 0.398. The first-order chi connectivity index (χ1) is 13.7. The highest BCUT2D eigenvalue weighted by atomic mass is 16.5. The number of aliphatic hydroxyl groups is 2. The summed E-state index contributed by atoms with van der Waals surface area (Å²) in [5.41, 5.74) is 4.86. The van der Waals surface area contributed by atoms with Crippen molar-refractivity contribution in [2.45, 2.75) is 91.6 Å². The van der Waals surface area contributed by atoms with Crippen LogP contribution in [0.2, 0.25) is 0 Å². The first-order valence-corrected chi connectivity index (χ1v) is 11.5. The molecular weight excluding hydrogens is 364 g/mol. The summed E-state index contributed by atoms with van der Waals surface area (Å²) in [4.78, 5) is 11.3. The van der Waals surface area contributed by atoms with Gasteiger partial charge in [-0.3, -0.25) is 4.79 Å². The number of hydrogen-bond donors (Lipinski definition) is 2. The molecule has 0 radical (unpaired) electrons. The van der Waals surface area contributed by atoms with Crippen molar-refractivity contribution in [3.05, 3.63) is 22.8 Å². The molecule has 0 amide bonds. The van der Waals surface area contributed by atoms with E-state index in [1.54, 1.807) is 11.1 Å². The summed E-state index contributed by atoms with van der Waals surface area (Å²) in [6, 6.07) is 0. The largest absolute Gasteiger partial charge is 0.465 e. The van der Waals surface area contributed by atoms with Gasteiger partial charge in [-0.1, -0.05) is 44.4 Å². The minimum atomic E-state index is -0.584. The molecule has 2 N–H and O–H groups in total. The van der Waals surface area contributed by atoms with Crippen LogP contribution in [0.15, 0.2) is 22.8 Å². The minimum absolute atomic E-state index is 0.0325. The van der Waals surface area contributed by atoms with E-state index in [1.165, 1.54) is 32.1 Å². The Labute approximate surface area is 176 Å². The molecule has 1 heterocycles. The second kappa shape index (κ2) is 8.93. The minimum Gasteiger partial charge on any atom is -0.465 e. The van der Waals surface area contributed by atoms with Crippen molar-refractivity contribution in [2.24, 2.45) is 22.7 Å². The van der Waals surface area contributed by atoms with Gasteiger partial charge in [0.2, 0.25) is 0 Å². The van der Waals surface area contributed by atoms with E-state index in [0.29, 0.717) is 24.9 Å². The second-order valence-electron chi connectivity index (χ2n) is 10.6. The van der Waals surface area contributed by atoms with Crippen LogP contribution in [-0.4, -0.2) is 35.5 Å². The third kappa shape index (κ3) is 4.80. The van der Waals surface area contributed by atoms with Gasteiger partial charge in [-0.15, -0.1) is 0 Å². The number of carbonyl (C=O) groups excluding carboxylic acids is 1. The predicted octanol–water partition coefficient (Wildman–Crippen LogP) is 4.94. The maximum absolute atomic E-state index is 11.3. The van der Waals surface area contributed by atoms with E-state index in [4.69, 9.17) is 4.74 Å². The average molecular weight is 405 g/mol. The molecule has 3 aliphatic rings. The van der Waals surface area contributed by atoms with E-state index in [-0.39, 0.29) is 23.9 Å². The maximum atomic E-state index is 11.3. The van der Waals surface area contributed by atoms with Crippen molar-refractivity contribution in [1.29, 1.82) is 0 Å². The molecule has 1 aliphatic heterocycles. The molecule has 3 rings (SSSR count). The lowest BCUT2D eigenvalue weighted by atomic mass is 9.50. The van der Waals surface area contributed by atoms with E-state index >= 15 is 0 Å². The monoisotopic (exact) mass is 404 g/mol. The quantitative estimate of drug-likeness (QED) is 0.466. The molecule has 0 aromatic rings. The highest BCUT2D eigenvalue weighted by Gasteiger charge is 2.49. The van der Waals surface area contributed by atoms with Gasteiger partial charge in [-0.25, -0.2) is 0 Å². The lowest BCUT2D eigenvalue weighted by molar-refractivity contribution is -0.137. The fraction of sp³-hybridized carbons (Fsp3) is 0.800. The third-order valence-corrected chi connectivity index (χ3v) is 8.22. The van der Waals surface area contributed by atoms with Crippen LogP contribution in [0, 0.1) is 22.7 Å². The number of rotatable bonds is 7. The highest BCUT2D eigenvalue weighted by molar-refractivity contribution is 5.71. The molecule has 29 heavy (non-hydrogen) atoms. The fourth-order valence-electron chi connectivity index (χ4n) is 6.48. The summed E-state index contributed by atoms with van der Waals surface area (Å²) < 4.78 is 4.96. The van der Waals surface area contributed by atoms with Crippen LogP contribution in [0.1, 0.15) is 85.5 Å². The van der Waals surface area contributed by atoms with Gasteiger partial charge in [0.15, 0.2) is 0 Å². The molecule has 2 fully saturated rings. The molecule has 4 atom stereocenters. The van der Waals surface area contributed by atoms with Crippen LogP contribution in [0.4, 0.5) is 0 Å². The normalized spacial score (nSPS) is 33.4. The van der Waals surface area contributed by atoms with Gasteiger partial charge < -0.3 is 14.9 Å². The van der Waals surface area contributed by atoms with Crippen molar-refractivity contribution in [1.82, 2.24) is 0 Å². The number of ether oxygens (including phenoxy) is 1. The van der Waals surface area contributed by atoms with Crippen LogP contribution < -0.4 is 0 Å². The second-order valence-corrected chi connectivity index (χ2v) is 10.6. The molecule has 0 spiro atoms. The Morgan fingerprint density at radius 2 is 2.07 bits per heavy atom. The smallest absolute Gasteiger partial charge is 0.306 e. The molecule has 4 heteroatoms. The van der Waals surface area contributed by atoms with Crippen LogP contribution in [0.25, 0.3) is 0 Å². The average Bonchev–Trinajstić information content (AvgIpc) is 3.09. The summed E-state index contributed by atoms with van der Waals surface area (Å²) in [7, 11) is 0. The number of aliphatic hydroxyl groups excluding tert-OH is 2. The number of hydrogen-bond acceptors (Lipinski definition) is 4. The lowest BCUT2D eigenvalue weighted by Gasteiger charge is -2.55. The van der Waals surface area contributed by atoms with E-state index in [0.717, 1.165) is 24.3 Å². The Morgan fingerprint density at radius 1 is 1.31 bits per heavy atom. The number of carbonyl (C=O) groups is 1. The molecule has 0 unspecified atom stereocenters. The molecule has 2 aliphatic carbocycles. The molecule has 0 bridgehead atoms. The Kier molecular flexibility index (Phi) is 6.95. The SMILES string of the molecule is CC1=C(CC/C(=C/C[C@@H](O)[C@H]2COC(=O)C2)CO)[C@@]2(C)CCCC(C)(C)[C@@H]2CC1. The van der Waals surface area contributed by atoms with Gasteiger partial charge in [0, 0.05) is 5.92 Å². The predicted molar refractivity (Wildman–Crippen MR) is 115 cm³/mol. The summed E-state index contributed by atoms with van der Waals surface area (Å²) in [5, 5.41) is 20.2. The molecule has 1 saturated heterocycles. The van der Waals surface area contributed by atoms with Crippen molar-refractivity contribution in [2.75, 3.05) is 13.2 Å². The van der Waals surface area contributed by atoms with Crippen LogP contribution in [-0.2, 0) is 9.53 Å². The summed E-state index contributed by atoms with van der Waals surface area (Å²) in [6.45, 7) is 10.0. The van der Waals surface area contributed by atoms with Crippen molar-refractivity contribution < 1.29 is 19.7 Å². The van der Waals surface area contributed by atoms with Crippen molar-refractivity contribution >= 4 is 5.97 Å². The van der Waals surface area contributed by atoms with Gasteiger partial charge in [0.05, 0.1) is 25.7 Å². The van der Waals surface area contributed by atoms with E-state index in [1.807, 2.05) is 6.08 Å². The van der Waals surface area contributed by atoms with Crippen molar-refractivity contribution in [3.8, 4) is 0 Å². The molecule has 4 nitrogen and oxygen atoms in total. The Morgan fingerprint density at radius 3 is 2.72 bits per heavy atom. The van der Waals surface area contributed by atoms with Gasteiger partial charge in [-0.2, -0.15) is 0 Å². The van der Waals surface area contributed by atoms with Crippen LogP contribution in [0.3, 0.4) is 0 Å². The van der Waals surface area contributed by atoms with E-state index in [2.05, 4.69) is 27.7 Å². The van der Waals surface area contributed by atoms with E-state index in [9.17, 15) is 15.0 Å². The maximum Gasteiger partial charge on any atom is 0.306 e. The highest BCUT2D eigenvalue weighted by Crippen LogP contribution is 2.60. The first-order valence-electron chi connectivity index (χ1n) is 11.5. The molecule has 0 aromatic heterocycles. The number of fused-ring (bicyclic) bond motifs is 1. The number of esters is 1. The zero-order valence-electron chi connectivity index (χ0n) is 18.8. The molecule has 1 saturated carbocycles. The number of allylic oxidation sites excluding steroid dienone is 2. The zero-order valence-corrected chi connectivity index (χ0v) is 18.8. The van der Waals surface area contributed by atoms with Crippen molar-refractivity contribution in [3.63, 3.8) is 0 Å². The Bertz CT molecular complexity index is 674. The fourth-order valence-corrected chi connectivity index (χ4v) is 6.48. The zero-order chi connectivity index (χ0) is 21.2. The Balaban J connectivity index is 1.65. The molecular formula is C25H40O4. The van der Waals surface area contributed by atoms with Gasteiger partial charge >= 0.3 is 5.97 Å². The number of cyclic esters (lactones) is 1. The topological polar surface area (TPSA) is 66.8 Å².